The Morgan fingerprint density at radius 1 is 1.26 bits per heavy atom. The summed E-state index contributed by atoms with van der Waals surface area (Å²) in [6.07, 6.45) is 0.265. The smallest absolute Gasteiger partial charge is 0.228 e. The Morgan fingerprint density at radius 3 is 2.81 bits per heavy atom. The van der Waals surface area contributed by atoms with Crippen molar-refractivity contribution in [2.45, 2.75) is 18.5 Å². The molecule has 1 N–H and O–H groups in total. The number of rotatable bonds is 5. The fraction of sp³-hybridized carbons (Fsp3) is 0.158. The van der Waals surface area contributed by atoms with Crippen LogP contribution < -0.4 is 5.32 Å². The van der Waals surface area contributed by atoms with Crippen molar-refractivity contribution in [3.8, 4) is 5.69 Å². The summed E-state index contributed by atoms with van der Waals surface area (Å²) >= 11 is 7.56. The molecule has 0 bridgehead atoms. The first-order valence-electron chi connectivity index (χ1n) is 8.28. The topological polar surface area (TPSA) is 76.9 Å². The molecule has 0 unspecified atom stereocenters. The largest absolute Gasteiger partial charge is 0.325 e. The Hall–Kier alpha value is -2.64. The number of aryl methyl sites for hydroxylation is 1. The lowest BCUT2D eigenvalue weighted by atomic mass is 10.1. The van der Waals surface area contributed by atoms with Gasteiger partial charge in [-0.15, -0.1) is 10.2 Å². The summed E-state index contributed by atoms with van der Waals surface area (Å²) in [7, 11) is 0. The number of halogens is 1. The SMILES string of the molecule is Cc1nnc(SCC(=O)c2cc3c(cc2Cl)NC(=O)C3)n1-c1ccccc1. The van der Waals surface area contributed by atoms with Crippen LogP contribution >= 0.6 is 23.4 Å². The quantitative estimate of drug-likeness (QED) is 0.523. The predicted molar refractivity (Wildman–Crippen MR) is 105 cm³/mol. The zero-order valence-electron chi connectivity index (χ0n) is 14.4. The summed E-state index contributed by atoms with van der Waals surface area (Å²) in [6.45, 7) is 1.87. The van der Waals surface area contributed by atoms with Gasteiger partial charge in [0.15, 0.2) is 10.9 Å². The Balaban J connectivity index is 1.55. The summed E-state index contributed by atoms with van der Waals surface area (Å²) in [5.74, 6) is 0.709. The van der Waals surface area contributed by atoms with E-state index in [0.717, 1.165) is 17.1 Å². The number of thioether (sulfide) groups is 1. The summed E-state index contributed by atoms with van der Waals surface area (Å²) in [5.41, 5.74) is 2.83. The van der Waals surface area contributed by atoms with Crippen molar-refractivity contribution in [1.82, 2.24) is 14.8 Å². The van der Waals surface area contributed by atoms with E-state index < -0.39 is 0 Å². The van der Waals surface area contributed by atoms with Gasteiger partial charge in [0.2, 0.25) is 5.91 Å². The highest BCUT2D eigenvalue weighted by Gasteiger charge is 2.22. The predicted octanol–water partition coefficient (Wildman–Crippen LogP) is 3.70. The van der Waals surface area contributed by atoms with Gasteiger partial charge in [-0.2, -0.15) is 0 Å². The van der Waals surface area contributed by atoms with E-state index in [1.807, 2.05) is 41.8 Å². The highest BCUT2D eigenvalue weighted by Crippen LogP contribution is 2.31. The van der Waals surface area contributed by atoms with Crippen LogP contribution in [0.5, 0.6) is 0 Å². The Bertz CT molecular complexity index is 1050. The number of ketones is 1. The molecule has 0 radical (unpaired) electrons. The molecule has 0 fully saturated rings. The average molecular weight is 399 g/mol. The maximum atomic E-state index is 12.7. The average Bonchev–Trinajstić information content (AvgIpc) is 3.20. The van der Waals surface area contributed by atoms with Crippen LogP contribution in [-0.2, 0) is 11.2 Å². The number of amides is 1. The lowest BCUT2D eigenvalue weighted by Gasteiger charge is -2.09. The molecule has 0 saturated carbocycles. The monoisotopic (exact) mass is 398 g/mol. The maximum absolute atomic E-state index is 12.7. The summed E-state index contributed by atoms with van der Waals surface area (Å²) in [5, 5.41) is 12.0. The zero-order valence-corrected chi connectivity index (χ0v) is 16.0. The van der Waals surface area contributed by atoms with Crippen molar-refractivity contribution in [2.24, 2.45) is 0 Å². The molecule has 8 heteroatoms. The van der Waals surface area contributed by atoms with Crippen LogP contribution in [0, 0.1) is 6.92 Å². The molecule has 0 spiro atoms. The maximum Gasteiger partial charge on any atom is 0.228 e. The second-order valence-corrected chi connectivity index (χ2v) is 7.48. The molecule has 0 atom stereocenters. The van der Waals surface area contributed by atoms with Crippen LogP contribution in [0.4, 0.5) is 5.69 Å². The molecule has 136 valence electrons. The van der Waals surface area contributed by atoms with Crippen LogP contribution in [0.1, 0.15) is 21.7 Å². The lowest BCUT2D eigenvalue weighted by Crippen LogP contribution is -2.06. The van der Waals surface area contributed by atoms with Gasteiger partial charge < -0.3 is 5.32 Å². The van der Waals surface area contributed by atoms with Gasteiger partial charge in [-0.05, 0) is 36.8 Å². The standard InChI is InChI=1S/C19H15ClN4O2S/c1-11-22-23-19(24(11)13-5-3-2-4-6-13)27-10-17(25)14-7-12-8-18(26)21-16(12)9-15(14)20/h2-7,9H,8,10H2,1H3,(H,21,26). The molecule has 1 aliphatic heterocycles. The first-order chi connectivity index (χ1) is 13.0. The normalized spacial score (nSPS) is 12.7. The van der Waals surface area contributed by atoms with Crippen molar-refractivity contribution in [3.63, 3.8) is 0 Å². The molecular formula is C19H15ClN4O2S. The summed E-state index contributed by atoms with van der Waals surface area (Å²) in [6, 6.07) is 13.1. The van der Waals surface area contributed by atoms with E-state index >= 15 is 0 Å². The number of fused-ring (bicyclic) bond motifs is 1. The molecule has 1 aromatic heterocycles. The Kier molecular flexibility index (Phi) is 4.72. The number of nitrogens with zero attached hydrogens (tertiary/aromatic N) is 3. The zero-order chi connectivity index (χ0) is 19.0. The van der Waals surface area contributed by atoms with Gasteiger partial charge in [0.25, 0.3) is 0 Å². The molecule has 2 aromatic carbocycles. The summed E-state index contributed by atoms with van der Waals surface area (Å²) in [4.78, 5) is 24.2. The molecule has 6 nitrogen and oxygen atoms in total. The molecule has 27 heavy (non-hydrogen) atoms. The van der Waals surface area contributed by atoms with E-state index in [4.69, 9.17) is 11.6 Å². The van der Waals surface area contributed by atoms with Crippen molar-refractivity contribution in [1.29, 1.82) is 0 Å². The number of aromatic nitrogens is 3. The number of Topliss-reactive ketones (excluding diaryl/α,β-unsaturated/α-hetero) is 1. The minimum Gasteiger partial charge on any atom is -0.325 e. The highest BCUT2D eigenvalue weighted by atomic mass is 35.5. The molecule has 1 aliphatic rings. The van der Waals surface area contributed by atoms with E-state index in [-0.39, 0.29) is 23.9 Å². The van der Waals surface area contributed by atoms with Crippen LogP contribution in [-0.4, -0.2) is 32.2 Å². The first-order valence-corrected chi connectivity index (χ1v) is 9.65. The van der Waals surface area contributed by atoms with Gasteiger partial charge in [0, 0.05) is 16.9 Å². The number of nitrogens with one attached hydrogen (secondary N) is 1. The fourth-order valence-corrected chi connectivity index (χ4v) is 4.13. The molecule has 4 rings (SSSR count). The molecule has 3 aromatic rings. The molecule has 2 heterocycles. The minimum atomic E-state index is -0.118. The number of carbonyl (C=O) groups is 2. The third kappa shape index (κ3) is 3.48. The number of anilines is 1. The van der Waals surface area contributed by atoms with Crippen molar-refractivity contribution < 1.29 is 9.59 Å². The summed E-state index contributed by atoms with van der Waals surface area (Å²) < 4.78 is 1.91. The van der Waals surface area contributed by atoms with Crippen LogP contribution in [0.15, 0.2) is 47.6 Å². The second-order valence-electron chi connectivity index (χ2n) is 6.13. The van der Waals surface area contributed by atoms with E-state index in [1.165, 1.54) is 11.8 Å². The van der Waals surface area contributed by atoms with Crippen molar-refractivity contribution >= 4 is 40.7 Å². The van der Waals surface area contributed by atoms with E-state index in [9.17, 15) is 9.59 Å². The van der Waals surface area contributed by atoms with Crippen molar-refractivity contribution in [3.05, 3.63) is 64.4 Å². The molecule has 0 saturated heterocycles. The molecular weight excluding hydrogens is 384 g/mol. The second kappa shape index (κ2) is 7.17. The third-order valence-corrected chi connectivity index (χ3v) is 5.50. The molecule has 0 aliphatic carbocycles. The van der Waals surface area contributed by atoms with E-state index in [0.29, 0.717) is 21.4 Å². The number of hydrogen-bond acceptors (Lipinski definition) is 5. The van der Waals surface area contributed by atoms with Gasteiger partial charge in [0.1, 0.15) is 5.82 Å². The minimum absolute atomic E-state index is 0.0912. The van der Waals surface area contributed by atoms with Gasteiger partial charge in [-0.25, -0.2) is 0 Å². The number of hydrogen-bond donors (Lipinski definition) is 1. The number of para-hydroxylation sites is 1. The van der Waals surface area contributed by atoms with Crippen LogP contribution in [0.3, 0.4) is 0 Å². The Labute approximate surface area is 164 Å². The third-order valence-electron chi connectivity index (χ3n) is 4.26. The number of carbonyl (C=O) groups excluding carboxylic acids is 2. The van der Waals surface area contributed by atoms with Gasteiger partial charge in [0.05, 0.1) is 17.2 Å². The van der Waals surface area contributed by atoms with E-state index in [1.54, 1.807) is 12.1 Å². The van der Waals surface area contributed by atoms with Gasteiger partial charge >= 0.3 is 0 Å². The fourth-order valence-electron chi connectivity index (χ4n) is 2.98. The van der Waals surface area contributed by atoms with Crippen LogP contribution in [0.25, 0.3) is 5.69 Å². The highest BCUT2D eigenvalue weighted by molar-refractivity contribution is 7.99. The van der Waals surface area contributed by atoms with Gasteiger partial charge in [-0.1, -0.05) is 41.6 Å². The molecule has 1 amide bonds. The van der Waals surface area contributed by atoms with E-state index in [2.05, 4.69) is 15.5 Å². The van der Waals surface area contributed by atoms with Crippen molar-refractivity contribution in [2.75, 3.05) is 11.1 Å². The first kappa shape index (κ1) is 17.8. The number of benzene rings is 2. The van der Waals surface area contributed by atoms with Crippen LogP contribution in [0.2, 0.25) is 5.02 Å². The van der Waals surface area contributed by atoms with Gasteiger partial charge in [-0.3, -0.25) is 14.2 Å². The Morgan fingerprint density at radius 2 is 2.04 bits per heavy atom. The lowest BCUT2D eigenvalue weighted by molar-refractivity contribution is -0.115.